The summed E-state index contributed by atoms with van der Waals surface area (Å²) < 4.78 is 32.1. The Hall–Kier alpha value is -1.93. The lowest BCUT2D eigenvalue weighted by atomic mass is 10.2. The molecule has 0 radical (unpaired) electrons. The van der Waals surface area contributed by atoms with Gasteiger partial charge in [-0.1, -0.05) is 12.1 Å². The van der Waals surface area contributed by atoms with Gasteiger partial charge in [0.25, 0.3) is 10.0 Å². The van der Waals surface area contributed by atoms with E-state index in [0.29, 0.717) is 24.5 Å². The van der Waals surface area contributed by atoms with Crippen molar-refractivity contribution in [2.45, 2.75) is 37.4 Å². The molecule has 0 aromatic heterocycles. The van der Waals surface area contributed by atoms with Gasteiger partial charge in [0.1, 0.15) is 5.84 Å². The van der Waals surface area contributed by atoms with E-state index in [4.69, 9.17) is 4.74 Å². The number of morpholine rings is 1. The Bertz CT molecular complexity index is 765. The van der Waals surface area contributed by atoms with E-state index < -0.39 is 10.0 Å². The molecule has 1 aromatic rings. The number of carbonyl (C=O) groups is 1. The summed E-state index contributed by atoms with van der Waals surface area (Å²) in [6.07, 6.45) is 0.294. The van der Waals surface area contributed by atoms with Gasteiger partial charge < -0.3 is 9.64 Å². The summed E-state index contributed by atoms with van der Waals surface area (Å²) in [6, 6.07) is 6.69. The molecule has 2 heterocycles. The monoisotopic (exact) mass is 351 g/mol. The summed E-state index contributed by atoms with van der Waals surface area (Å²) in [5, 5.41) is 0. The SMILES string of the molecule is C[C@@H]1CN(C(=O)CCN=C2NS(=O)(=O)c3ccccc32)C[C@H](C)O1. The minimum absolute atomic E-state index is 0.00971. The Kier molecular flexibility index (Phi) is 4.60. The lowest BCUT2D eigenvalue weighted by molar-refractivity contribution is -0.142. The Morgan fingerprint density at radius 2 is 1.96 bits per heavy atom. The van der Waals surface area contributed by atoms with Gasteiger partial charge in [0, 0.05) is 25.1 Å². The number of benzene rings is 1. The summed E-state index contributed by atoms with van der Waals surface area (Å²) in [5.41, 5.74) is 0.554. The van der Waals surface area contributed by atoms with Crippen LogP contribution in [0.3, 0.4) is 0 Å². The molecule has 2 aliphatic heterocycles. The van der Waals surface area contributed by atoms with Crippen LogP contribution < -0.4 is 4.72 Å². The van der Waals surface area contributed by atoms with E-state index in [1.807, 2.05) is 13.8 Å². The highest BCUT2D eigenvalue weighted by atomic mass is 32.2. The summed E-state index contributed by atoms with van der Waals surface area (Å²) in [6.45, 7) is 5.29. The standard InChI is InChI=1S/C16H21N3O4S/c1-11-9-19(10-12(2)23-11)15(20)7-8-17-16-13-5-3-4-6-14(13)24(21,22)18-16/h3-6,11-12H,7-10H2,1-2H3,(H,17,18)/t11-,12+. The molecule has 1 amide bonds. The van der Waals surface area contributed by atoms with Crippen molar-refractivity contribution in [3.05, 3.63) is 29.8 Å². The first-order valence-electron chi connectivity index (χ1n) is 7.97. The van der Waals surface area contributed by atoms with E-state index in [1.165, 1.54) is 0 Å². The fourth-order valence-corrected chi connectivity index (χ4v) is 4.31. The van der Waals surface area contributed by atoms with Crippen molar-refractivity contribution < 1.29 is 17.9 Å². The molecule has 24 heavy (non-hydrogen) atoms. The van der Waals surface area contributed by atoms with Gasteiger partial charge in [-0.2, -0.15) is 0 Å². The average Bonchev–Trinajstić information content (AvgIpc) is 2.78. The zero-order valence-electron chi connectivity index (χ0n) is 13.7. The third-order valence-electron chi connectivity index (χ3n) is 4.03. The second kappa shape index (κ2) is 6.52. The van der Waals surface area contributed by atoms with E-state index >= 15 is 0 Å². The van der Waals surface area contributed by atoms with Crippen molar-refractivity contribution >= 4 is 21.8 Å². The van der Waals surface area contributed by atoms with Crippen LogP contribution in [0.2, 0.25) is 0 Å². The molecule has 8 heteroatoms. The van der Waals surface area contributed by atoms with Gasteiger partial charge in [0.15, 0.2) is 0 Å². The van der Waals surface area contributed by atoms with Crippen molar-refractivity contribution in [1.29, 1.82) is 0 Å². The third-order valence-corrected chi connectivity index (χ3v) is 5.43. The Labute approximate surface area is 141 Å². The Morgan fingerprint density at radius 3 is 2.67 bits per heavy atom. The summed E-state index contributed by atoms with van der Waals surface area (Å²) >= 11 is 0. The number of amides is 1. The number of nitrogens with one attached hydrogen (secondary N) is 1. The number of rotatable bonds is 3. The number of hydrogen-bond donors (Lipinski definition) is 1. The van der Waals surface area contributed by atoms with Crippen molar-refractivity contribution in [2.24, 2.45) is 4.99 Å². The minimum atomic E-state index is -3.53. The predicted molar refractivity (Wildman–Crippen MR) is 89.4 cm³/mol. The Balaban J connectivity index is 1.64. The number of sulfonamides is 1. The number of ether oxygens (including phenoxy) is 1. The third kappa shape index (κ3) is 3.44. The van der Waals surface area contributed by atoms with Crippen LogP contribution in [0.25, 0.3) is 0 Å². The summed E-state index contributed by atoms with van der Waals surface area (Å²) in [7, 11) is -3.53. The average molecular weight is 351 g/mol. The Morgan fingerprint density at radius 1 is 1.29 bits per heavy atom. The number of nitrogens with zero attached hydrogens (tertiary/aromatic N) is 2. The molecule has 0 spiro atoms. The topological polar surface area (TPSA) is 88.1 Å². The van der Waals surface area contributed by atoms with E-state index in [0.717, 1.165) is 0 Å². The smallest absolute Gasteiger partial charge is 0.263 e. The highest BCUT2D eigenvalue weighted by Gasteiger charge is 2.30. The molecule has 1 fully saturated rings. The first-order chi connectivity index (χ1) is 11.4. The van der Waals surface area contributed by atoms with Crippen LogP contribution in [-0.2, 0) is 19.6 Å². The van der Waals surface area contributed by atoms with Gasteiger partial charge in [-0.05, 0) is 26.0 Å². The largest absolute Gasteiger partial charge is 0.372 e. The van der Waals surface area contributed by atoms with Gasteiger partial charge in [-0.15, -0.1) is 0 Å². The molecule has 2 aliphatic rings. The molecule has 1 N–H and O–H groups in total. The normalized spacial score (nSPS) is 26.9. The van der Waals surface area contributed by atoms with E-state index in [9.17, 15) is 13.2 Å². The van der Waals surface area contributed by atoms with Crippen LogP contribution in [0, 0.1) is 0 Å². The first-order valence-corrected chi connectivity index (χ1v) is 9.45. The molecule has 1 aromatic carbocycles. The van der Waals surface area contributed by atoms with Crippen molar-refractivity contribution in [1.82, 2.24) is 9.62 Å². The maximum absolute atomic E-state index is 12.3. The zero-order chi connectivity index (χ0) is 17.3. The van der Waals surface area contributed by atoms with Crippen LogP contribution >= 0.6 is 0 Å². The fourth-order valence-electron chi connectivity index (χ4n) is 3.05. The minimum Gasteiger partial charge on any atom is -0.372 e. The fraction of sp³-hybridized carbons (Fsp3) is 0.500. The van der Waals surface area contributed by atoms with Crippen molar-refractivity contribution in [3.8, 4) is 0 Å². The highest BCUT2D eigenvalue weighted by molar-refractivity contribution is 7.90. The van der Waals surface area contributed by atoms with Crippen molar-refractivity contribution in [2.75, 3.05) is 19.6 Å². The molecule has 0 bridgehead atoms. The highest BCUT2D eigenvalue weighted by Crippen LogP contribution is 2.22. The van der Waals surface area contributed by atoms with E-state index in [2.05, 4.69) is 9.71 Å². The maximum Gasteiger partial charge on any atom is 0.263 e. The summed E-state index contributed by atoms with van der Waals surface area (Å²) in [5.74, 6) is 0.317. The van der Waals surface area contributed by atoms with Crippen LogP contribution in [0.1, 0.15) is 25.8 Å². The molecule has 7 nitrogen and oxygen atoms in total. The van der Waals surface area contributed by atoms with Gasteiger partial charge in [0.2, 0.25) is 5.91 Å². The lowest BCUT2D eigenvalue weighted by Crippen LogP contribution is -2.48. The molecule has 130 valence electrons. The second-order valence-corrected chi connectivity index (χ2v) is 7.79. The zero-order valence-corrected chi connectivity index (χ0v) is 14.5. The van der Waals surface area contributed by atoms with Crippen LogP contribution in [-0.4, -0.2) is 56.9 Å². The molecule has 2 atom stereocenters. The maximum atomic E-state index is 12.3. The number of carbonyl (C=O) groups excluding carboxylic acids is 1. The van der Waals surface area contributed by atoms with Gasteiger partial charge in [-0.3, -0.25) is 14.5 Å². The van der Waals surface area contributed by atoms with Crippen LogP contribution in [0.5, 0.6) is 0 Å². The molecule has 0 saturated carbocycles. The van der Waals surface area contributed by atoms with E-state index in [-0.39, 0.29) is 36.0 Å². The van der Waals surface area contributed by atoms with Crippen molar-refractivity contribution in [3.63, 3.8) is 0 Å². The van der Waals surface area contributed by atoms with Crippen LogP contribution in [0.15, 0.2) is 34.2 Å². The van der Waals surface area contributed by atoms with Gasteiger partial charge in [-0.25, -0.2) is 8.42 Å². The molecule has 1 saturated heterocycles. The number of fused-ring (bicyclic) bond motifs is 1. The first kappa shape index (κ1) is 16.9. The molecular formula is C16H21N3O4S. The van der Waals surface area contributed by atoms with E-state index in [1.54, 1.807) is 29.2 Å². The quantitative estimate of drug-likeness (QED) is 0.870. The summed E-state index contributed by atoms with van der Waals surface area (Å²) in [4.78, 5) is 18.6. The molecule has 0 unspecified atom stereocenters. The number of amidine groups is 1. The molecule has 0 aliphatic carbocycles. The second-order valence-electron chi connectivity index (χ2n) is 6.14. The number of hydrogen-bond acceptors (Lipinski definition) is 5. The van der Waals surface area contributed by atoms with Crippen LogP contribution in [0.4, 0.5) is 0 Å². The molecule has 3 rings (SSSR count). The van der Waals surface area contributed by atoms with Gasteiger partial charge >= 0.3 is 0 Å². The molecular weight excluding hydrogens is 330 g/mol. The lowest BCUT2D eigenvalue weighted by Gasteiger charge is -2.35. The van der Waals surface area contributed by atoms with Gasteiger partial charge in [0.05, 0.1) is 23.6 Å². The number of aliphatic imine (C=N–C) groups is 1. The predicted octanol–water partition coefficient (Wildman–Crippen LogP) is 0.751.